The molecule has 0 aromatic heterocycles. The fraction of sp³-hybridized carbons (Fsp3) is 0.467. The van der Waals surface area contributed by atoms with Crippen LogP contribution in [0.1, 0.15) is 18.9 Å². The summed E-state index contributed by atoms with van der Waals surface area (Å²) in [5.41, 5.74) is 5.99. The summed E-state index contributed by atoms with van der Waals surface area (Å²) in [4.78, 5) is 0.270. The number of ether oxygens (including phenoxy) is 1. The lowest BCUT2D eigenvalue weighted by molar-refractivity contribution is 0.0314. The van der Waals surface area contributed by atoms with Crippen molar-refractivity contribution in [1.82, 2.24) is 4.31 Å². The molecule has 5 nitrogen and oxygen atoms in total. The number of morpholine rings is 1. The van der Waals surface area contributed by atoms with E-state index in [0.29, 0.717) is 25.3 Å². The van der Waals surface area contributed by atoms with Gasteiger partial charge < -0.3 is 10.5 Å². The largest absolute Gasteiger partial charge is 0.378 e. The summed E-state index contributed by atoms with van der Waals surface area (Å²) >= 11 is 0. The van der Waals surface area contributed by atoms with Gasteiger partial charge in [0.15, 0.2) is 0 Å². The third-order valence-electron chi connectivity index (χ3n) is 3.42. The Bertz CT molecular complexity index is 646. The first-order valence-corrected chi connectivity index (χ1v) is 8.42. The van der Waals surface area contributed by atoms with E-state index in [1.807, 2.05) is 6.92 Å². The average molecular weight is 308 g/mol. The van der Waals surface area contributed by atoms with E-state index in [1.165, 1.54) is 4.31 Å². The van der Waals surface area contributed by atoms with Gasteiger partial charge in [0.1, 0.15) is 0 Å². The third-order valence-corrected chi connectivity index (χ3v) is 5.37. The zero-order valence-electron chi connectivity index (χ0n) is 12.1. The summed E-state index contributed by atoms with van der Waals surface area (Å²) in [5.74, 6) is 5.59. The lowest BCUT2D eigenvalue weighted by Gasteiger charge is -2.34. The molecule has 1 aliphatic heterocycles. The van der Waals surface area contributed by atoms with Gasteiger partial charge in [-0.15, -0.1) is 0 Å². The molecule has 1 aliphatic rings. The van der Waals surface area contributed by atoms with E-state index in [9.17, 15) is 8.42 Å². The second-order valence-corrected chi connectivity index (χ2v) is 6.68. The Balaban J connectivity index is 2.34. The molecule has 1 aromatic carbocycles. The second-order valence-electron chi connectivity index (χ2n) is 4.79. The van der Waals surface area contributed by atoms with Gasteiger partial charge in [0, 0.05) is 18.2 Å². The van der Waals surface area contributed by atoms with Crippen LogP contribution in [0.2, 0.25) is 0 Å². The number of hydrogen-bond donors (Lipinski definition) is 1. The van der Waals surface area contributed by atoms with Gasteiger partial charge in [-0.2, -0.15) is 4.31 Å². The van der Waals surface area contributed by atoms with Crippen LogP contribution in [0.5, 0.6) is 0 Å². The van der Waals surface area contributed by atoms with E-state index in [0.717, 1.165) is 6.42 Å². The predicted molar refractivity (Wildman–Crippen MR) is 81.2 cm³/mol. The smallest absolute Gasteiger partial charge is 0.243 e. The van der Waals surface area contributed by atoms with Crippen molar-refractivity contribution in [3.8, 4) is 11.8 Å². The quantitative estimate of drug-likeness (QED) is 0.838. The van der Waals surface area contributed by atoms with Crippen molar-refractivity contribution in [3.05, 3.63) is 29.8 Å². The normalized spacial score (nSPS) is 19.8. The minimum atomic E-state index is -3.52. The summed E-state index contributed by atoms with van der Waals surface area (Å²) in [7, 11) is -3.52. The summed E-state index contributed by atoms with van der Waals surface area (Å²) in [6.45, 7) is 3.48. The van der Waals surface area contributed by atoms with Crippen molar-refractivity contribution < 1.29 is 13.2 Å². The molecule has 1 fully saturated rings. The number of nitrogens with two attached hydrogens (primary N) is 1. The first kappa shape index (κ1) is 16.0. The number of sulfonamides is 1. The van der Waals surface area contributed by atoms with Crippen LogP contribution in [0.3, 0.4) is 0 Å². The molecule has 114 valence electrons. The summed E-state index contributed by atoms with van der Waals surface area (Å²) in [6, 6.07) is 6.57. The molecular formula is C15H20N2O3S. The van der Waals surface area contributed by atoms with E-state index in [-0.39, 0.29) is 17.5 Å². The van der Waals surface area contributed by atoms with Gasteiger partial charge >= 0.3 is 0 Å². The van der Waals surface area contributed by atoms with Gasteiger partial charge in [-0.25, -0.2) is 8.42 Å². The van der Waals surface area contributed by atoms with Gasteiger partial charge in [0.2, 0.25) is 10.0 Å². The van der Waals surface area contributed by atoms with Crippen LogP contribution in [-0.4, -0.2) is 45.1 Å². The van der Waals surface area contributed by atoms with E-state index in [4.69, 9.17) is 10.5 Å². The molecule has 1 heterocycles. The minimum absolute atomic E-state index is 0.109. The Kier molecular flexibility index (Phi) is 5.37. The van der Waals surface area contributed by atoms with Gasteiger partial charge in [-0.05, 0) is 24.6 Å². The summed E-state index contributed by atoms with van der Waals surface area (Å²) < 4.78 is 32.5. The predicted octanol–water partition coefficient (Wildman–Crippen LogP) is 0.796. The monoisotopic (exact) mass is 308 g/mol. The van der Waals surface area contributed by atoms with E-state index >= 15 is 0 Å². The molecule has 1 unspecified atom stereocenters. The SMILES string of the molecule is CCC1COCCN1S(=O)(=O)c1cccc(C#CCN)c1. The molecule has 1 atom stereocenters. The van der Waals surface area contributed by atoms with Crippen molar-refractivity contribution >= 4 is 10.0 Å². The highest BCUT2D eigenvalue weighted by molar-refractivity contribution is 7.89. The van der Waals surface area contributed by atoms with Crippen LogP contribution in [0, 0.1) is 11.8 Å². The second kappa shape index (κ2) is 7.05. The lowest BCUT2D eigenvalue weighted by Crippen LogP contribution is -2.48. The molecule has 1 aromatic rings. The Hall–Kier alpha value is -1.39. The first-order valence-electron chi connectivity index (χ1n) is 6.98. The number of nitrogens with zero attached hydrogens (tertiary/aromatic N) is 1. The highest BCUT2D eigenvalue weighted by atomic mass is 32.2. The maximum atomic E-state index is 12.8. The molecule has 0 aliphatic carbocycles. The van der Waals surface area contributed by atoms with E-state index in [2.05, 4.69) is 11.8 Å². The average Bonchev–Trinajstić information content (AvgIpc) is 2.53. The Morgan fingerprint density at radius 2 is 2.29 bits per heavy atom. The van der Waals surface area contributed by atoms with E-state index < -0.39 is 10.0 Å². The zero-order valence-corrected chi connectivity index (χ0v) is 12.9. The molecule has 1 saturated heterocycles. The van der Waals surface area contributed by atoms with Crippen molar-refractivity contribution in [1.29, 1.82) is 0 Å². The molecule has 6 heteroatoms. The molecule has 0 amide bonds. The Morgan fingerprint density at radius 1 is 1.48 bits per heavy atom. The van der Waals surface area contributed by atoms with Gasteiger partial charge in [0.25, 0.3) is 0 Å². The minimum Gasteiger partial charge on any atom is -0.378 e. The maximum Gasteiger partial charge on any atom is 0.243 e. The van der Waals surface area contributed by atoms with Crippen molar-refractivity contribution in [2.45, 2.75) is 24.3 Å². The highest BCUT2D eigenvalue weighted by Gasteiger charge is 2.33. The molecule has 2 rings (SSSR count). The maximum absolute atomic E-state index is 12.8. The highest BCUT2D eigenvalue weighted by Crippen LogP contribution is 2.22. The van der Waals surface area contributed by atoms with Gasteiger partial charge in [0.05, 0.1) is 24.7 Å². The fourth-order valence-electron chi connectivity index (χ4n) is 2.30. The van der Waals surface area contributed by atoms with Crippen molar-refractivity contribution in [3.63, 3.8) is 0 Å². The van der Waals surface area contributed by atoms with Crippen LogP contribution in [0.4, 0.5) is 0 Å². The van der Waals surface area contributed by atoms with E-state index in [1.54, 1.807) is 24.3 Å². The van der Waals surface area contributed by atoms with Crippen molar-refractivity contribution in [2.75, 3.05) is 26.3 Å². The Labute approximate surface area is 126 Å². The topological polar surface area (TPSA) is 72.6 Å². The molecule has 2 N–H and O–H groups in total. The molecule has 0 radical (unpaired) electrons. The Morgan fingerprint density at radius 3 is 3.00 bits per heavy atom. The molecule has 0 bridgehead atoms. The van der Waals surface area contributed by atoms with Gasteiger partial charge in [-0.1, -0.05) is 24.8 Å². The van der Waals surface area contributed by atoms with Crippen LogP contribution in [-0.2, 0) is 14.8 Å². The lowest BCUT2D eigenvalue weighted by atomic mass is 10.2. The van der Waals surface area contributed by atoms with Crippen LogP contribution in [0.15, 0.2) is 29.2 Å². The number of rotatable bonds is 3. The third kappa shape index (κ3) is 3.63. The van der Waals surface area contributed by atoms with Crippen molar-refractivity contribution in [2.24, 2.45) is 5.73 Å². The molecular weight excluding hydrogens is 288 g/mol. The zero-order chi connectivity index (χ0) is 15.3. The molecule has 0 spiro atoms. The van der Waals surface area contributed by atoms with Gasteiger partial charge in [-0.3, -0.25) is 0 Å². The molecule has 0 saturated carbocycles. The summed E-state index contributed by atoms with van der Waals surface area (Å²) in [6.07, 6.45) is 0.728. The van der Waals surface area contributed by atoms with Crippen LogP contribution < -0.4 is 5.73 Å². The molecule has 21 heavy (non-hydrogen) atoms. The first-order chi connectivity index (χ1) is 10.1. The fourth-order valence-corrected chi connectivity index (χ4v) is 4.01. The number of hydrogen-bond acceptors (Lipinski definition) is 4. The van der Waals surface area contributed by atoms with Crippen LogP contribution >= 0.6 is 0 Å². The summed E-state index contributed by atoms with van der Waals surface area (Å²) in [5, 5.41) is 0. The number of benzene rings is 1. The standard InChI is InChI=1S/C15H20N2O3S/c1-2-14-12-20-10-9-17(14)21(18,19)15-7-3-5-13(11-15)6-4-8-16/h3,5,7,11,14H,2,8-10,12,16H2,1H3. The van der Waals surface area contributed by atoms with Crippen LogP contribution in [0.25, 0.3) is 0 Å².